The first-order valence-corrected chi connectivity index (χ1v) is 13.2. The molecule has 3 aromatic rings. The van der Waals surface area contributed by atoms with Gasteiger partial charge in [0.05, 0.1) is 16.8 Å². The van der Waals surface area contributed by atoms with E-state index in [4.69, 9.17) is 9.47 Å². The molecule has 4 atom stereocenters. The highest BCUT2D eigenvalue weighted by molar-refractivity contribution is 7.12. The molecule has 3 fully saturated rings. The number of hydrogen-bond donors (Lipinski definition) is 1. The number of aryl methyl sites for hydroxylation is 1. The van der Waals surface area contributed by atoms with E-state index < -0.39 is 11.6 Å². The van der Waals surface area contributed by atoms with Crippen molar-refractivity contribution < 1.29 is 40.8 Å². The van der Waals surface area contributed by atoms with Crippen LogP contribution in [-0.4, -0.2) is 53.0 Å². The third-order valence-corrected chi connectivity index (χ3v) is 9.77. The minimum absolute atomic E-state index is 0. The first-order valence-electron chi connectivity index (χ1n) is 11.5. The molecule has 8 heteroatoms. The van der Waals surface area contributed by atoms with E-state index in [2.05, 4.69) is 38.2 Å². The second-order valence-corrected chi connectivity index (χ2v) is 11.7. The fourth-order valence-corrected chi connectivity index (χ4v) is 7.72. The van der Waals surface area contributed by atoms with E-state index in [1.165, 1.54) is 33.8 Å². The molecule has 34 heavy (non-hydrogen) atoms. The van der Waals surface area contributed by atoms with E-state index in [1.807, 2.05) is 22.9 Å². The predicted molar refractivity (Wildman–Crippen MR) is 128 cm³/mol. The van der Waals surface area contributed by atoms with Crippen LogP contribution in [0.3, 0.4) is 0 Å². The molecular formula is C26H28BrNO4S2. The highest BCUT2D eigenvalue weighted by Gasteiger charge is 2.72. The van der Waals surface area contributed by atoms with Crippen molar-refractivity contribution in [3.05, 3.63) is 80.2 Å². The van der Waals surface area contributed by atoms with Crippen LogP contribution < -0.4 is 17.0 Å². The Hall–Kier alpha value is -1.55. The number of hydrogen-bond acceptors (Lipinski definition) is 6. The number of nitrogens with zero attached hydrogens (tertiary/aromatic N) is 1. The second-order valence-electron chi connectivity index (χ2n) is 9.85. The summed E-state index contributed by atoms with van der Waals surface area (Å²) in [5.74, 6) is -0.568. The van der Waals surface area contributed by atoms with Crippen molar-refractivity contribution in [3.63, 3.8) is 0 Å². The molecule has 3 aliphatic rings. The minimum atomic E-state index is -1.75. The van der Waals surface area contributed by atoms with Gasteiger partial charge in [-0.05, 0) is 29.8 Å². The van der Waals surface area contributed by atoms with Gasteiger partial charge in [-0.3, -0.25) is 0 Å². The minimum Gasteiger partial charge on any atom is -1.00 e. The number of aliphatic hydroxyl groups is 1. The molecule has 2 aromatic heterocycles. The lowest BCUT2D eigenvalue weighted by Crippen LogP contribution is -3.00. The number of halogens is 1. The number of esters is 1. The molecule has 4 unspecified atom stereocenters. The van der Waals surface area contributed by atoms with E-state index >= 15 is 0 Å². The summed E-state index contributed by atoms with van der Waals surface area (Å²) in [4.78, 5) is 14.6. The maximum atomic E-state index is 13.4. The third-order valence-electron chi connectivity index (χ3n) is 7.81. The molecule has 0 spiro atoms. The van der Waals surface area contributed by atoms with E-state index in [0.717, 1.165) is 23.9 Å². The van der Waals surface area contributed by atoms with Gasteiger partial charge in [0.15, 0.2) is 0 Å². The number of quaternary nitrogens is 1. The van der Waals surface area contributed by atoms with Gasteiger partial charge in [0.1, 0.15) is 36.9 Å². The van der Waals surface area contributed by atoms with Crippen LogP contribution in [0.2, 0.25) is 0 Å². The highest BCUT2D eigenvalue weighted by atomic mass is 79.9. The maximum Gasteiger partial charge on any atom is 0.349 e. The summed E-state index contributed by atoms with van der Waals surface area (Å²) in [6.45, 7) is 3.07. The van der Waals surface area contributed by atoms with E-state index in [1.54, 1.807) is 12.1 Å². The molecule has 0 saturated carbocycles. The molecule has 5 heterocycles. The fourth-order valence-electron chi connectivity index (χ4n) is 6.00. The summed E-state index contributed by atoms with van der Waals surface area (Å²) in [5.41, 5.74) is 0.850. The smallest absolute Gasteiger partial charge is 0.349 e. The van der Waals surface area contributed by atoms with Crippen molar-refractivity contribution in [1.82, 2.24) is 0 Å². The maximum absolute atomic E-state index is 13.4. The van der Waals surface area contributed by atoms with Gasteiger partial charge in [0, 0.05) is 18.4 Å². The Kier molecular flexibility index (Phi) is 6.28. The Morgan fingerprint density at radius 2 is 1.62 bits per heavy atom. The first-order chi connectivity index (χ1) is 15.9. The molecule has 1 N–H and O–H groups in total. The normalized spacial score (nSPS) is 31.4. The number of ether oxygens (including phenoxy) is 2. The quantitative estimate of drug-likeness (QED) is 0.279. The summed E-state index contributed by atoms with van der Waals surface area (Å²) >= 11 is 2.75. The zero-order valence-electron chi connectivity index (χ0n) is 19.1. The number of carbonyl (C=O) groups excluding carboxylic acids is 1. The number of likely N-dealkylation sites (N-methyl/N-ethyl adjacent to an activating group) is 1. The van der Waals surface area contributed by atoms with Gasteiger partial charge in [-0.1, -0.05) is 42.0 Å². The van der Waals surface area contributed by atoms with Crippen molar-refractivity contribution in [1.29, 1.82) is 0 Å². The Morgan fingerprint density at radius 1 is 1.06 bits per heavy atom. The van der Waals surface area contributed by atoms with E-state index in [0.29, 0.717) is 21.8 Å². The summed E-state index contributed by atoms with van der Waals surface area (Å²) in [6, 6.07) is 16.7. The van der Waals surface area contributed by atoms with Crippen LogP contribution >= 0.6 is 22.7 Å². The fraction of sp³-hybridized carbons (Fsp3) is 0.423. The Morgan fingerprint density at radius 3 is 2.12 bits per heavy atom. The van der Waals surface area contributed by atoms with Gasteiger partial charge in [0.25, 0.3) is 0 Å². The van der Waals surface area contributed by atoms with Crippen molar-refractivity contribution in [3.8, 4) is 0 Å². The average molecular weight is 563 g/mol. The largest absolute Gasteiger partial charge is 1.00 e. The van der Waals surface area contributed by atoms with E-state index in [9.17, 15) is 9.90 Å². The number of thiophene rings is 2. The second kappa shape index (κ2) is 8.84. The molecule has 0 aliphatic carbocycles. The highest BCUT2D eigenvalue weighted by Crippen LogP contribution is 2.53. The van der Waals surface area contributed by atoms with Gasteiger partial charge in [-0.15, -0.1) is 22.7 Å². The number of benzene rings is 1. The molecule has 3 aliphatic heterocycles. The zero-order valence-corrected chi connectivity index (χ0v) is 22.3. The van der Waals surface area contributed by atoms with E-state index in [-0.39, 0.29) is 35.3 Å². The Balaban J connectivity index is 0.00000241. The van der Waals surface area contributed by atoms with Crippen molar-refractivity contribution in [2.75, 3.05) is 7.05 Å². The Bertz CT molecular complexity index is 1100. The van der Waals surface area contributed by atoms with Crippen LogP contribution in [0.25, 0.3) is 0 Å². The number of fused-ring (bicyclic) bond motifs is 5. The Labute approximate surface area is 218 Å². The molecule has 2 bridgehead atoms. The third kappa shape index (κ3) is 3.79. The van der Waals surface area contributed by atoms with Gasteiger partial charge in [-0.25, -0.2) is 4.79 Å². The first kappa shape index (κ1) is 24.2. The zero-order chi connectivity index (χ0) is 22.8. The van der Waals surface area contributed by atoms with Gasteiger partial charge < -0.3 is 36.0 Å². The molecule has 180 valence electrons. The summed E-state index contributed by atoms with van der Waals surface area (Å²) in [7, 11) is 2.33. The number of epoxide rings is 1. The molecule has 0 radical (unpaired) electrons. The monoisotopic (exact) mass is 561 g/mol. The van der Waals surface area contributed by atoms with Gasteiger partial charge in [-0.2, -0.15) is 0 Å². The van der Waals surface area contributed by atoms with Crippen LogP contribution in [0.15, 0.2) is 59.3 Å². The van der Waals surface area contributed by atoms with Gasteiger partial charge in [0.2, 0.25) is 5.60 Å². The van der Waals surface area contributed by atoms with Crippen molar-refractivity contribution in [2.24, 2.45) is 0 Å². The molecule has 1 aromatic carbocycles. The predicted octanol–water partition coefficient (Wildman–Crippen LogP) is 1.23. The lowest BCUT2D eigenvalue weighted by atomic mass is 9.93. The SMILES string of the molecule is Cc1ccc(C[N+]2(C)C3CC(OC(=O)C(O)(c4cccs4)c4cccs4)CC2C2OC23)cc1.[Br-]. The molecular weight excluding hydrogens is 534 g/mol. The molecule has 3 saturated heterocycles. The number of piperidine rings is 1. The standard InChI is InChI=1S/C26H28NO4S2.BrH/c1-16-7-9-17(10-8-16)15-27(2)19-13-18(14-20(27)24-23(19)31-24)30-25(28)26(29,21-5-3-11-32-21)22-6-4-12-33-22;/h3-12,18-20,23-24,29H,13-15H2,1-2H3;1H/q+1;/p-1. The number of carbonyl (C=O) groups is 1. The van der Waals surface area contributed by atoms with Crippen LogP contribution in [-0.2, 0) is 26.4 Å². The topological polar surface area (TPSA) is 59.1 Å². The number of rotatable bonds is 6. The van der Waals surface area contributed by atoms with Crippen LogP contribution in [0, 0.1) is 6.92 Å². The van der Waals surface area contributed by atoms with Crippen molar-refractivity contribution in [2.45, 2.75) is 62.3 Å². The molecule has 0 amide bonds. The van der Waals surface area contributed by atoms with Gasteiger partial charge >= 0.3 is 5.97 Å². The van der Waals surface area contributed by atoms with Crippen molar-refractivity contribution >= 4 is 28.6 Å². The lowest BCUT2D eigenvalue weighted by molar-refractivity contribution is -0.968. The summed E-state index contributed by atoms with van der Waals surface area (Å²) < 4.78 is 13.0. The summed E-state index contributed by atoms with van der Waals surface area (Å²) in [6.07, 6.45) is 1.82. The summed E-state index contributed by atoms with van der Waals surface area (Å²) in [5, 5.41) is 15.3. The van der Waals surface area contributed by atoms with Crippen LogP contribution in [0.1, 0.15) is 33.7 Å². The van der Waals surface area contributed by atoms with Crippen LogP contribution in [0.5, 0.6) is 0 Å². The number of morpholine rings is 1. The average Bonchev–Trinajstić information content (AvgIpc) is 3.15. The lowest BCUT2D eigenvalue weighted by Gasteiger charge is -2.48. The van der Waals surface area contributed by atoms with Crippen LogP contribution in [0.4, 0.5) is 0 Å². The molecule has 5 nitrogen and oxygen atoms in total. The molecule has 6 rings (SSSR count).